The van der Waals surface area contributed by atoms with Crippen LogP contribution in [0.2, 0.25) is 5.02 Å². The van der Waals surface area contributed by atoms with Gasteiger partial charge in [0.25, 0.3) is 5.91 Å². The molecule has 1 fully saturated rings. The van der Waals surface area contributed by atoms with Gasteiger partial charge in [0.05, 0.1) is 5.92 Å². The molecule has 0 aliphatic heterocycles. The quantitative estimate of drug-likeness (QED) is 0.781. The summed E-state index contributed by atoms with van der Waals surface area (Å²) in [6.45, 7) is 1.49. The molecule has 6 nitrogen and oxygen atoms in total. The van der Waals surface area contributed by atoms with Crippen LogP contribution in [0.5, 0.6) is 0 Å². The van der Waals surface area contributed by atoms with Gasteiger partial charge in [-0.2, -0.15) is 0 Å². The number of hydrogen-bond donors (Lipinski definition) is 2. The number of nitrogens with one attached hydrogen (secondary N) is 2. The molecule has 2 unspecified atom stereocenters. The van der Waals surface area contributed by atoms with Gasteiger partial charge in [0.2, 0.25) is 11.8 Å². The summed E-state index contributed by atoms with van der Waals surface area (Å²) in [5.74, 6) is -0.669. The van der Waals surface area contributed by atoms with E-state index in [9.17, 15) is 14.4 Å². The fraction of sp³-hybridized carbons (Fsp3) is 0.318. The highest BCUT2D eigenvalue weighted by atomic mass is 35.5. The van der Waals surface area contributed by atoms with Crippen molar-refractivity contribution in [1.82, 2.24) is 5.32 Å². The van der Waals surface area contributed by atoms with Gasteiger partial charge in [0, 0.05) is 42.0 Å². The molecule has 3 amide bonds. The third-order valence-electron chi connectivity index (χ3n) is 5.27. The van der Waals surface area contributed by atoms with Gasteiger partial charge in [0.15, 0.2) is 0 Å². The maximum absolute atomic E-state index is 12.8. The van der Waals surface area contributed by atoms with E-state index in [-0.39, 0.29) is 29.7 Å². The van der Waals surface area contributed by atoms with Crippen molar-refractivity contribution in [2.75, 3.05) is 17.3 Å². The Labute approximate surface area is 175 Å². The second kappa shape index (κ2) is 9.09. The standard InChI is InChI=1S/C22H24ClN3O3/c1-14(27)26(2)18-12-10-17(11-13-18)24-22(29)19-4-3-5-20(19)25-21(28)15-6-8-16(23)9-7-15/h6-13,19-20H,3-5H2,1-2H3,(H,24,29)(H,25,28). The lowest BCUT2D eigenvalue weighted by atomic mass is 10.0. The summed E-state index contributed by atoms with van der Waals surface area (Å²) in [6, 6.07) is 13.6. The third kappa shape index (κ3) is 5.15. The number of nitrogens with zero attached hydrogens (tertiary/aromatic N) is 1. The molecule has 29 heavy (non-hydrogen) atoms. The summed E-state index contributed by atoms with van der Waals surface area (Å²) in [6.07, 6.45) is 2.37. The third-order valence-corrected chi connectivity index (χ3v) is 5.52. The average molecular weight is 414 g/mol. The van der Waals surface area contributed by atoms with Gasteiger partial charge in [-0.3, -0.25) is 14.4 Å². The summed E-state index contributed by atoms with van der Waals surface area (Å²) in [5, 5.41) is 6.47. The zero-order chi connectivity index (χ0) is 21.0. The number of rotatable bonds is 5. The zero-order valence-electron chi connectivity index (χ0n) is 16.4. The van der Waals surface area contributed by atoms with E-state index in [1.54, 1.807) is 55.6 Å². The van der Waals surface area contributed by atoms with Crippen LogP contribution in [-0.4, -0.2) is 30.8 Å². The Morgan fingerprint density at radius 2 is 1.66 bits per heavy atom. The first kappa shape index (κ1) is 20.9. The van der Waals surface area contributed by atoms with Crippen LogP contribution in [0.4, 0.5) is 11.4 Å². The van der Waals surface area contributed by atoms with Gasteiger partial charge in [-0.1, -0.05) is 18.0 Å². The van der Waals surface area contributed by atoms with E-state index in [4.69, 9.17) is 11.6 Å². The molecule has 2 aromatic rings. The van der Waals surface area contributed by atoms with Crippen LogP contribution in [-0.2, 0) is 9.59 Å². The minimum Gasteiger partial charge on any atom is -0.349 e. The van der Waals surface area contributed by atoms with E-state index in [0.29, 0.717) is 16.3 Å². The second-order valence-electron chi connectivity index (χ2n) is 7.24. The van der Waals surface area contributed by atoms with E-state index in [1.807, 2.05) is 0 Å². The maximum Gasteiger partial charge on any atom is 0.251 e. The predicted octanol–water partition coefficient (Wildman–Crippen LogP) is 3.86. The molecule has 0 heterocycles. The van der Waals surface area contributed by atoms with Crippen molar-refractivity contribution in [1.29, 1.82) is 0 Å². The Morgan fingerprint density at radius 3 is 2.28 bits per heavy atom. The normalized spacial score (nSPS) is 18.2. The van der Waals surface area contributed by atoms with Crippen LogP contribution >= 0.6 is 11.6 Å². The van der Waals surface area contributed by atoms with Crippen LogP contribution in [0.25, 0.3) is 0 Å². The predicted molar refractivity (Wildman–Crippen MR) is 114 cm³/mol. The Bertz CT molecular complexity index is 897. The monoisotopic (exact) mass is 413 g/mol. The van der Waals surface area contributed by atoms with Gasteiger partial charge < -0.3 is 15.5 Å². The minimum atomic E-state index is -0.286. The highest BCUT2D eigenvalue weighted by Crippen LogP contribution is 2.28. The topological polar surface area (TPSA) is 78.5 Å². The van der Waals surface area contributed by atoms with Crippen molar-refractivity contribution in [3.63, 3.8) is 0 Å². The number of carbonyl (C=O) groups excluding carboxylic acids is 3. The fourth-order valence-corrected chi connectivity index (χ4v) is 3.61. The fourth-order valence-electron chi connectivity index (χ4n) is 3.48. The van der Waals surface area contributed by atoms with Crippen molar-refractivity contribution in [3.05, 3.63) is 59.1 Å². The Balaban J connectivity index is 1.61. The molecule has 2 N–H and O–H groups in total. The van der Waals surface area contributed by atoms with Gasteiger partial charge in [-0.05, 0) is 61.4 Å². The first-order valence-electron chi connectivity index (χ1n) is 9.57. The zero-order valence-corrected chi connectivity index (χ0v) is 17.2. The van der Waals surface area contributed by atoms with Crippen molar-refractivity contribution in [2.24, 2.45) is 5.92 Å². The number of halogens is 1. The summed E-state index contributed by atoms with van der Waals surface area (Å²) in [4.78, 5) is 38.2. The van der Waals surface area contributed by atoms with Crippen molar-refractivity contribution in [3.8, 4) is 0 Å². The highest BCUT2D eigenvalue weighted by molar-refractivity contribution is 6.30. The molecule has 1 saturated carbocycles. The summed E-state index contributed by atoms with van der Waals surface area (Å²) in [7, 11) is 1.70. The number of carbonyl (C=O) groups is 3. The molecule has 2 atom stereocenters. The van der Waals surface area contributed by atoms with Crippen LogP contribution in [0, 0.1) is 5.92 Å². The Morgan fingerprint density at radius 1 is 1.00 bits per heavy atom. The number of anilines is 2. The summed E-state index contributed by atoms with van der Waals surface area (Å²) >= 11 is 5.87. The molecule has 0 saturated heterocycles. The number of benzene rings is 2. The molecule has 1 aliphatic carbocycles. The van der Waals surface area contributed by atoms with Gasteiger partial charge >= 0.3 is 0 Å². The van der Waals surface area contributed by atoms with Crippen molar-refractivity contribution < 1.29 is 14.4 Å². The second-order valence-corrected chi connectivity index (χ2v) is 7.67. The molecular formula is C22H24ClN3O3. The summed E-state index contributed by atoms with van der Waals surface area (Å²) in [5.41, 5.74) is 1.93. The molecule has 1 aliphatic rings. The van der Waals surface area contributed by atoms with Gasteiger partial charge in [0.1, 0.15) is 0 Å². The van der Waals surface area contributed by atoms with Crippen LogP contribution < -0.4 is 15.5 Å². The Hall–Kier alpha value is -2.86. The molecule has 0 spiro atoms. The minimum absolute atomic E-state index is 0.0630. The van der Waals surface area contributed by atoms with E-state index >= 15 is 0 Å². The maximum atomic E-state index is 12.8. The van der Waals surface area contributed by atoms with E-state index in [2.05, 4.69) is 10.6 Å². The lowest BCUT2D eigenvalue weighted by Gasteiger charge is -2.21. The molecule has 3 rings (SSSR count). The van der Waals surface area contributed by atoms with Crippen molar-refractivity contribution >= 4 is 40.7 Å². The molecule has 0 aromatic heterocycles. The molecule has 0 radical (unpaired) electrons. The molecular weight excluding hydrogens is 390 g/mol. The molecule has 152 valence electrons. The number of hydrogen-bond acceptors (Lipinski definition) is 3. The lowest BCUT2D eigenvalue weighted by Crippen LogP contribution is -2.41. The van der Waals surface area contributed by atoms with Crippen molar-refractivity contribution in [2.45, 2.75) is 32.2 Å². The molecule has 7 heteroatoms. The largest absolute Gasteiger partial charge is 0.349 e. The van der Waals surface area contributed by atoms with Gasteiger partial charge in [-0.15, -0.1) is 0 Å². The smallest absolute Gasteiger partial charge is 0.251 e. The highest BCUT2D eigenvalue weighted by Gasteiger charge is 2.34. The number of amides is 3. The average Bonchev–Trinajstić information content (AvgIpc) is 3.16. The molecule has 0 bridgehead atoms. The SMILES string of the molecule is CC(=O)N(C)c1ccc(NC(=O)C2CCCC2NC(=O)c2ccc(Cl)cc2)cc1. The van der Waals surface area contributed by atoms with Crippen LogP contribution in [0.1, 0.15) is 36.5 Å². The first-order chi connectivity index (χ1) is 13.8. The van der Waals surface area contributed by atoms with E-state index in [0.717, 1.165) is 24.9 Å². The van der Waals surface area contributed by atoms with E-state index in [1.165, 1.54) is 11.8 Å². The van der Waals surface area contributed by atoms with Crippen LogP contribution in [0.3, 0.4) is 0 Å². The Kier molecular flexibility index (Phi) is 6.54. The summed E-state index contributed by atoms with van der Waals surface area (Å²) < 4.78 is 0. The van der Waals surface area contributed by atoms with Crippen LogP contribution in [0.15, 0.2) is 48.5 Å². The first-order valence-corrected chi connectivity index (χ1v) is 9.94. The van der Waals surface area contributed by atoms with Gasteiger partial charge in [-0.25, -0.2) is 0 Å². The lowest BCUT2D eigenvalue weighted by molar-refractivity contribution is -0.120. The van der Waals surface area contributed by atoms with E-state index < -0.39 is 0 Å². The molecule has 2 aromatic carbocycles.